The average molecular weight is 169 g/mol. The number of rotatable bonds is 2. The molecular formula is C8H11NO3. The molecule has 0 fully saturated rings. The quantitative estimate of drug-likeness (QED) is 0.589. The Labute approximate surface area is 70.6 Å². The first kappa shape index (κ1) is 8.96. The van der Waals surface area contributed by atoms with Crippen LogP contribution in [-0.4, -0.2) is 25.8 Å². The molecule has 0 aromatic rings. The Morgan fingerprint density at radius 1 is 1.42 bits per heavy atom. The van der Waals surface area contributed by atoms with E-state index in [9.17, 15) is 4.79 Å². The van der Waals surface area contributed by atoms with E-state index in [-0.39, 0.29) is 11.5 Å². The van der Waals surface area contributed by atoms with E-state index in [1.54, 1.807) is 0 Å². The third kappa shape index (κ3) is 1.26. The summed E-state index contributed by atoms with van der Waals surface area (Å²) in [5.41, 5.74) is 5.83. The van der Waals surface area contributed by atoms with Crippen molar-refractivity contribution in [2.45, 2.75) is 5.79 Å². The van der Waals surface area contributed by atoms with Crippen LogP contribution in [0.1, 0.15) is 0 Å². The van der Waals surface area contributed by atoms with Crippen molar-refractivity contribution in [1.82, 2.24) is 0 Å². The predicted octanol–water partition coefficient (Wildman–Crippen LogP) is -0.0430. The SMILES string of the molecule is COC1(OC)C=CC(=O)C=C1N. The van der Waals surface area contributed by atoms with Gasteiger partial charge in [-0.3, -0.25) is 4.79 Å². The average Bonchev–Trinajstić information content (AvgIpc) is 2.06. The molecule has 0 spiro atoms. The molecule has 1 rings (SSSR count). The van der Waals surface area contributed by atoms with Crippen molar-refractivity contribution in [3.8, 4) is 0 Å². The van der Waals surface area contributed by atoms with Crippen molar-refractivity contribution in [3.05, 3.63) is 23.9 Å². The van der Waals surface area contributed by atoms with Gasteiger partial charge in [0.25, 0.3) is 0 Å². The highest BCUT2D eigenvalue weighted by atomic mass is 16.7. The van der Waals surface area contributed by atoms with Gasteiger partial charge < -0.3 is 15.2 Å². The van der Waals surface area contributed by atoms with Crippen molar-refractivity contribution in [3.63, 3.8) is 0 Å². The van der Waals surface area contributed by atoms with Crippen LogP contribution >= 0.6 is 0 Å². The van der Waals surface area contributed by atoms with Crippen LogP contribution in [0.3, 0.4) is 0 Å². The van der Waals surface area contributed by atoms with E-state index in [4.69, 9.17) is 15.2 Å². The Morgan fingerprint density at radius 3 is 2.42 bits per heavy atom. The summed E-state index contributed by atoms with van der Waals surface area (Å²) in [6.07, 6.45) is 4.14. The van der Waals surface area contributed by atoms with Gasteiger partial charge >= 0.3 is 0 Å². The van der Waals surface area contributed by atoms with E-state index in [1.165, 1.54) is 32.4 Å². The lowest BCUT2D eigenvalue weighted by Crippen LogP contribution is -2.39. The van der Waals surface area contributed by atoms with Gasteiger partial charge in [0.05, 0.1) is 5.70 Å². The summed E-state index contributed by atoms with van der Waals surface area (Å²) in [5, 5.41) is 0. The van der Waals surface area contributed by atoms with Crippen LogP contribution in [0.5, 0.6) is 0 Å². The molecule has 0 heterocycles. The number of ketones is 1. The maximum atomic E-state index is 10.8. The maximum absolute atomic E-state index is 10.8. The van der Waals surface area contributed by atoms with E-state index < -0.39 is 5.79 Å². The fourth-order valence-corrected chi connectivity index (χ4v) is 1.05. The number of carbonyl (C=O) groups is 1. The summed E-state index contributed by atoms with van der Waals surface area (Å²) < 4.78 is 10.1. The molecule has 12 heavy (non-hydrogen) atoms. The molecule has 0 saturated carbocycles. The first-order chi connectivity index (χ1) is 5.64. The number of hydrogen-bond acceptors (Lipinski definition) is 4. The Balaban J connectivity index is 2.99. The van der Waals surface area contributed by atoms with Crippen LogP contribution in [0.2, 0.25) is 0 Å². The lowest BCUT2D eigenvalue weighted by atomic mass is 10.1. The molecule has 0 amide bonds. The normalized spacial score (nSPS) is 20.8. The fraction of sp³-hybridized carbons (Fsp3) is 0.375. The van der Waals surface area contributed by atoms with Gasteiger partial charge in [-0.2, -0.15) is 0 Å². The Hall–Kier alpha value is -1.13. The minimum Gasteiger partial charge on any atom is -0.397 e. The Bertz CT molecular complexity index is 251. The summed E-state index contributed by atoms with van der Waals surface area (Å²) >= 11 is 0. The van der Waals surface area contributed by atoms with Crippen molar-refractivity contribution in [2.75, 3.05) is 14.2 Å². The topological polar surface area (TPSA) is 61.5 Å². The van der Waals surface area contributed by atoms with Gasteiger partial charge in [0.2, 0.25) is 5.79 Å². The molecule has 66 valence electrons. The highest BCUT2D eigenvalue weighted by Gasteiger charge is 2.32. The lowest BCUT2D eigenvalue weighted by Gasteiger charge is -2.29. The zero-order chi connectivity index (χ0) is 9.19. The largest absolute Gasteiger partial charge is 0.397 e. The standard InChI is InChI=1S/C8H11NO3/c1-11-8(12-2)4-3-6(10)5-7(8)9/h3-5H,9H2,1-2H3. The molecule has 0 aliphatic heterocycles. The van der Waals surface area contributed by atoms with Gasteiger partial charge in [-0.05, 0) is 12.2 Å². The summed E-state index contributed by atoms with van der Waals surface area (Å²) in [5.74, 6) is -1.22. The Morgan fingerprint density at radius 2 is 2.00 bits per heavy atom. The van der Waals surface area contributed by atoms with Crippen LogP contribution in [0.4, 0.5) is 0 Å². The van der Waals surface area contributed by atoms with Crippen LogP contribution in [0, 0.1) is 0 Å². The maximum Gasteiger partial charge on any atom is 0.230 e. The van der Waals surface area contributed by atoms with E-state index in [0.29, 0.717) is 0 Å². The first-order valence-corrected chi connectivity index (χ1v) is 3.46. The molecule has 0 radical (unpaired) electrons. The summed E-state index contributed by atoms with van der Waals surface area (Å²) in [7, 11) is 2.93. The molecule has 2 N–H and O–H groups in total. The summed E-state index contributed by atoms with van der Waals surface area (Å²) in [4.78, 5) is 10.8. The number of nitrogens with two attached hydrogens (primary N) is 1. The van der Waals surface area contributed by atoms with E-state index in [1.807, 2.05) is 0 Å². The molecule has 0 aromatic heterocycles. The molecular weight excluding hydrogens is 158 g/mol. The third-order valence-corrected chi connectivity index (χ3v) is 1.77. The predicted molar refractivity (Wildman–Crippen MR) is 43.2 cm³/mol. The third-order valence-electron chi connectivity index (χ3n) is 1.77. The summed E-state index contributed by atoms with van der Waals surface area (Å²) in [6, 6.07) is 0. The van der Waals surface area contributed by atoms with E-state index in [0.717, 1.165) is 0 Å². The van der Waals surface area contributed by atoms with Crippen molar-refractivity contribution >= 4 is 5.78 Å². The number of allylic oxidation sites excluding steroid dienone is 2. The molecule has 0 saturated heterocycles. The van der Waals surface area contributed by atoms with Crippen LogP contribution in [-0.2, 0) is 14.3 Å². The van der Waals surface area contributed by atoms with E-state index >= 15 is 0 Å². The van der Waals surface area contributed by atoms with Gasteiger partial charge in [-0.15, -0.1) is 0 Å². The van der Waals surface area contributed by atoms with Gasteiger partial charge in [0.15, 0.2) is 5.78 Å². The minimum atomic E-state index is -1.06. The van der Waals surface area contributed by atoms with Crippen molar-refractivity contribution < 1.29 is 14.3 Å². The van der Waals surface area contributed by atoms with E-state index in [2.05, 4.69) is 0 Å². The number of hydrogen-bond donors (Lipinski definition) is 1. The first-order valence-electron chi connectivity index (χ1n) is 3.46. The zero-order valence-electron chi connectivity index (χ0n) is 7.03. The second-order valence-electron chi connectivity index (χ2n) is 2.41. The van der Waals surface area contributed by atoms with Crippen molar-refractivity contribution in [1.29, 1.82) is 0 Å². The highest BCUT2D eigenvalue weighted by molar-refractivity contribution is 6.01. The zero-order valence-corrected chi connectivity index (χ0v) is 7.03. The van der Waals surface area contributed by atoms with Crippen LogP contribution in [0.15, 0.2) is 23.9 Å². The molecule has 1 aliphatic carbocycles. The fourth-order valence-electron chi connectivity index (χ4n) is 1.05. The summed E-state index contributed by atoms with van der Waals surface area (Å²) in [6.45, 7) is 0. The molecule has 0 aromatic carbocycles. The smallest absolute Gasteiger partial charge is 0.230 e. The Kier molecular flexibility index (Phi) is 2.30. The number of carbonyl (C=O) groups excluding carboxylic acids is 1. The monoisotopic (exact) mass is 169 g/mol. The molecule has 1 aliphatic rings. The lowest BCUT2D eigenvalue weighted by molar-refractivity contribution is -0.145. The van der Waals surface area contributed by atoms with Crippen LogP contribution in [0.25, 0.3) is 0 Å². The molecule has 0 atom stereocenters. The molecule has 0 bridgehead atoms. The van der Waals surface area contributed by atoms with Crippen LogP contribution < -0.4 is 5.73 Å². The highest BCUT2D eigenvalue weighted by Crippen LogP contribution is 2.22. The van der Waals surface area contributed by atoms with Gasteiger partial charge in [0.1, 0.15) is 0 Å². The minimum absolute atomic E-state index is 0.155. The number of methoxy groups -OCH3 is 2. The second kappa shape index (κ2) is 3.08. The second-order valence-corrected chi connectivity index (χ2v) is 2.41. The number of ether oxygens (including phenoxy) is 2. The van der Waals surface area contributed by atoms with Gasteiger partial charge in [-0.25, -0.2) is 0 Å². The van der Waals surface area contributed by atoms with Gasteiger partial charge in [-0.1, -0.05) is 0 Å². The van der Waals surface area contributed by atoms with Crippen molar-refractivity contribution in [2.24, 2.45) is 5.73 Å². The molecule has 4 heteroatoms. The molecule has 4 nitrogen and oxygen atoms in total. The molecule has 0 unspecified atom stereocenters. The van der Waals surface area contributed by atoms with Gasteiger partial charge in [0, 0.05) is 20.3 Å².